The minimum Gasteiger partial charge on any atom is -0.372 e. The normalized spacial score (nSPS) is 33.2. The van der Waals surface area contributed by atoms with E-state index in [0.29, 0.717) is 11.8 Å². The second kappa shape index (κ2) is 10.00. The number of ether oxygens (including phenoxy) is 1. The second-order valence-corrected chi connectivity index (χ2v) is 9.46. The van der Waals surface area contributed by atoms with Gasteiger partial charge in [0.2, 0.25) is 5.71 Å². The van der Waals surface area contributed by atoms with E-state index in [-0.39, 0.29) is 17.9 Å². The van der Waals surface area contributed by atoms with Crippen molar-refractivity contribution in [2.24, 2.45) is 17.8 Å². The summed E-state index contributed by atoms with van der Waals surface area (Å²) < 4.78 is 6.68. The van der Waals surface area contributed by atoms with Crippen LogP contribution in [0.4, 0.5) is 0 Å². The van der Waals surface area contributed by atoms with E-state index in [0.717, 1.165) is 29.9 Å². The molecule has 4 rings (SSSR count). The summed E-state index contributed by atoms with van der Waals surface area (Å²) in [6, 6.07) is 10.7. The van der Waals surface area contributed by atoms with E-state index < -0.39 is 6.29 Å². The van der Waals surface area contributed by atoms with Gasteiger partial charge in [-0.3, -0.25) is 5.21 Å². The van der Waals surface area contributed by atoms with Gasteiger partial charge < -0.3 is 9.57 Å². The van der Waals surface area contributed by atoms with Crippen LogP contribution in [0.5, 0.6) is 0 Å². The molecule has 3 aliphatic rings. The molecule has 0 amide bonds. The Bertz CT molecular complexity index is 725. The van der Waals surface area contributed by atoms with Crippen LogP contribution in [0.3, 0.4) is 0 Å². The zero-order valence-corrected chi connectivity index (χ0v) is 18.4. The molecule has 4 nitrogen and oxygen atoms in total. The molecule has 1 heterocycles. The first-order chi connectivity index (χ1) is 14.7. The van der Waals surface area contributed by atoms with Crippen molar-refractivity contribution in [3.8, 4) is 0 Å². The summed E-state index contributed by atoms with van der Waals surface area (Å²) in [5.74, 6) is 1.30. The molecule has 3 unspecified atom stereocenters. The predicted molar refractivity (Wildman–Crippen MR) is 120 cm³/mol. The minimum absolute atomic E-state index is 0.0947. The quantitative estimate of drug-likeness (QED) is 0.404. The standard InChI is InChI=1S/C26H37NO3/c1-3-12-23-25(21-15-8-5-9-16-21)19(2)27(28)30-26(23)29-24-18-11-10-17-22(24)20-13-6-4-7-14-20/h3-4,6-7,13-14,21-26H,1,5,8-12,15-18H2,2H3/t22-,23?,24+,25?,26?/m0/s1. The van der Waals surface area contributed by atoms with Crippen LogP contribution in [0.15, 0.2) is 43.0 Å². The molecule has 0 radical (unpaired) electrons. The highest BCUT2D eigenvalue weighted by molar-refractivity contribution is 5.80. The fraction of sp³-hybridized carbons (Fsp3) is 0.654. The van der Waals surface area contributed by atoms with Gasteiger partial charge in [0, 0.05) is 23.7 Å². The molecule has 0 saturated heterocycles. The molecule has 0 bridgehead atoms. The number of rotatable bonds is 6. The van der Waals surface area contributed by atoms with Crippen LogP contribution in [-0.2, 0) is 9.57 Å². The Morgan fingerprint density at radius 3 is 2.50 bits per heavy atom. The van der Waals surface area contributed by atoms with Gasteiger partial charge in [-0.05, 0) is 43.6 Å². The SMILES string of the molecule is C=CCC1C(O[C@@H]2CCCC[C@H]2c2ccccc2)O[N+]([O-])=C(C)C1C1CCCCC1. The summed E-state index contributed by atoms with van der Waals surface area (Å²) in [6.45, 7) is 5.96. The topological polar surface area (TPSA) is 44.5 Å². The van der Waals surface area contributed by atoms with Gasteiger partial charge in [-0.25, -0.2) is 0 Å². The lowest BCUT2D eigenvalue weighted by Gasteiger charge is -2.44. The molecule has 2 saturated carbocycles. The molecule has 0 aromatic heterocycles. The maximum atomic E-state index is 12.8. The molecule has 1 aromatic carbocycles. The fourth-order valence-electron chi connectivity index (χ4n) is 6.13. The van der Waals surface area contributed by atoms with Crippen LogP contribution in [0.25, 0.3) is 0 Å². The minimum atomic E-state index is -0.495. The molecule has 30 heavy (non-hydrogen) atoms. The highest BCUT2D eigenvalue weighted by Gasteiger charge is 2.45. The van der Waals surface area contributed by atoms with Crippen LogP contribution in [0.2, 0.25) is 0 Å². The van der Waals surface area contributed by atoms with E-state index >= 15 is 0 Å². The number of hydrogen-bond acceptors (Lipinski definition) is 3. The highest BCUT2D eigenvalue weighted by atomic mass is 16.9. The fourth-order valence-corrected chi connectivity index (χ4v) is 6.13. The Balaban J connectivity index is 1.57. The number of benzene rings is 1. The second-order valence-electron chi connectivity index (χ2n) is 9.46. The molecule has 4 heteroatoms. The van der Waals surface area contributed by atoms with E-state index in [9.17, 15) is 5.21 Å². The Hall–Kier alpha value is -1.81. The Morgan fingerprint density at radius 1 is 1.07 bits per heavy atom. The van der Waals surface area contributed by atoms with E-state index in [1.54, 1.807) is 0 Å². The lowest BCUT2D eigenvalue weighted by atomic mass is 9.70. The average Bonchev–Trinajstić information content (AvgIpc) is 2.79. The average molecular weight is 412 g/mol. The van der Waals surface area contributed by atoms with E-state index in [1.165, 1.54) is 50.5 Å². The van der Waals surface area contributed by atoms with E-state index in [2.05, 4.69) is 36.9 Å². The van der Waals surface area contributed by atoms with Crippen molar-refractivity contribution in [2.75, 3.05) is 0 Å². The molecule has 164 valence electrons. The van der Waals surface area contributed by atoms with Crippen molar-refractivity contribution in [3.63, 3.8) is 0 Å². The Labute approximate surface area is 181 Å². The lowest BCUT2D eigenvalue weighted by molar-refractivity contribution is -0.778. The van der Waals surface area contributed by atoms with E-state index in [1.807, 2.05) is 13.0 Å². The third kappa shape index (κ3) is 4.59. The zero-order chi connectivity index (χ0) is 20.9. The summed E-state index contributed by atoms with van der Waals surface area (Å²) in [4.78, 5) is 6.61. The summed E-state index contributed by atoms with van der Waals surface area (Å²) in [6.07, 6.45) is 13.2. The third-order valence-electron chi connectivity index (χ3n) is 7.62. The third-order valence-corrected chi connectivity index (χ3v) is 7.62. The largest absolute Gasteiger partial charge is 0.372 e. The molecular weight excluding hydrogens is 374 g/mol. The summed E-state index contributed by atoms with van der Waals surface area (Å²) >= 11 is 0. The summed E-state index contributed by atoms with van der Waals surface area (Å²) in [7, 11) is 0. The van der Waals surface area contributed by atoms with Gasteiger partial charge in [-0.15, -0.1) is 6.58 Å². The number of hydrogen-bond donors (Lipinski definition) is 0. The molecule has 2 fully saturated rings. The van der Waals surface area contributed by atoms with Crippen molar-refractivity contribution in [1.82, 2.24) is 0 Å². The summed E-state index contributed by atoms with van der Waals surface area (Å²) in [5.41, 5.74) is 2.15. The molecule has 1 aromatic rings. The van der Waals surface area contributed by atoms with Crippen molar-refractivity contribution in [3.05, 3.63) is 53.8 Å². The first-order valence-corrected chi connectivity index (χ1v) is 12.0. The van der Waals surface area contributed by atoms with Gasteiger partial charge in [0.25, 0.3) is 0 Å². The van der Waals surface area contributed by atoms with Gasteiger partial charge in [-0.2, -0.15) is 0 Å². The van der Waals surface area contributed by atoms with Crippen molar-refractivity contribution in [2.45, 2.75) is 89.4 Å². The smallest absolute Gasteiger partial charge is 0.222 e. The van der Waals surface area contributed by atoms with Crippen LogP contribution >= 0.6 is 0 Å². The van der Waals surface area contributed by atoms with Crippen molar-refractivity contribution < 1.29 is 14.5 Å². The molecule has 1 aliphatic heterocycles. The molecule has 5 atom stereocenters. The molecule has 2 aliphatic carbocycles. The van der Waals surface area contributed by atoms with Crippen LogP contribution in [0.1, 0.15) is 82.6 Å². The van der Waals surface area contributed by atoms with Crippen LogP contribution in [0, 0.1) is 23.0 Å². The zero-order valence-electron chi connectivity index (χ0n) is 18.4. The Kier molecular flexibility index (Phi) is 7.14. The monoisotopic (exact) mass is 411 g/mol. The molecule has 0 N–H and O–H groups in total. The summed E-state index contributed by atoms with van der Waals surface area (Å²) in [5, 5.41) is 12.8. The number of nitrogens with zero attached hydrogens (tertiary/aromatic N) is 1. The maximum Gasteiger partial charge on any atom is 0.222 e. The van der Waals surface area contributed by atoms with Gasteiger partial charge >= 0.3 is 0 Å². The highest BCUT2D eigenvalue weighted by Crippen LogP contribution is 2.43. The lowest BCUT2D eigenvalue weighted by Crippen LogP contribution is -2.49. The van der Waals surface area contributed by atoms with Gasteiger partial charge in [-0.1, -0.05) is 68.5 Å². The predicted octanol–water partition coefficient (Wildman–Crippen LogP) is 6.36. The van der Waals surface area contributed by atoms with E-state index in [4.69, 9.17) is 9.57 Å². The first kappa shape index (κ1) is 21.4. The van der Waals surface area contributed by atoms with Crippen LogP contribution in [-0.4, -0.2) is 23.0 Å². The molecule has 0 spiro atoms. The van der Waals surface area contributed by atoms with Gasteiger partial charge in [0.05, 0.1) is 12.0 Å². The van der Waals surface area contributed by atoms with Crippen molar-refractivity contribution >= 4 is 5.71 Å². The Morgan fingerprint density at radius 2 is 1.77 bits per heavy atom. The number of allylic oxidation sites excluding steroid dienone is 1. The van der Waals surface area contributed by atoms with Crippen LogP contribution < -0.4 is 0 Å². The molecular formula is C26H37NO3. The van der Waals surface area contributed by atoms with Crippen molar-refractivity contribution in [1.29, 1.82) is 0 Å². The first-order valence-electron chi connectivity index (χ1n) is 12.0. The van der Waals surface area contributed by atoms with Gasteiger partial charge in [0.15, 0.2) is 6.29 Å². The maximum absolute atomic E-state index is 12.8. The van der Waals surface area contributed by atoms with Gasteiger partial charge in [0.1, 0.15) is 0 Å².